The maximum Gasteiger partial charge on any atom is 0.267 e. The number of nitrogens with zero attached hydrogens (tertiary/aromatic N) is 3. The number of hydrogen-bond acceptors (Lipinski definition) is 6. The Morgan fingerprint density at radius 1 is 1.05 bits per heavy atom. The van der Waals surface area contributed by atoms with Crippen molar-refractivity contribution >= 4 is 57.0 Å². The van der Waals surface area contributed by atoms with Crippen molar-refractivity contribution < 1.29 is 9.53 Å². The van der Waals surface area contributed by atoms with Crippen LogP contribution in [0.3, 0.4) is 0 Å². The zero-order valence-corrected chi connectivity index (χ0v) is 22.1. The third kappa shape index (κ3) is 6.20. The fourth-order valence-corrected chi connectivity index (χ4v) is 5.48. The van der Waals surface area contributed by atoms with Gasteiger partial charge in [-0.3, -0.25) is 9.69 Å². The van der Waals surface area contributed by atoms with Crippen LogP contribution in [0.25, 0.3) is 17.3 Å². The van der Waals surface area contributed by atoms with Crippen LogP contribution >= 0.6 is 34.7 Å². The summed E-state index contributed by atoms with van der Waals surface area (Å²) in [4.78, 5) is 24.7. The molecule has 0 unspecified atom stereocenters. The molecular weight excluding hydrogens is 522 g/mol. The highest BCUT2D eigenvalue weighted by molar-refractivity contribution is 8.18. The van der Waals surface area contributed by atoms with E-state index in [0.29, 0.717) is 39.1 Å². The molecule has 0 N–H and O–H groups in total. The van der Waals surface area contributed by atoms with Gasteiger partial charge in [-0.05, 0) is 53.2 Å². The standard InChI is InChI=1S/C29H22ClN3O2S2/c1-2-15-33-27(34)26(37-29(33)32-28-31-25(19-36-28)22-8-4-3-5-9-22)17-21-7-6-10-24(16-21)35-18-20-11-13-23(30)14-12-20/h2-14,16-17,19H,1,15,18H2/b26-17-,32-29+. The lowest BCUT2D eigenvalue weighted by molar-refractivity contribution is -0.121. The zero-order chi connectivity index (χ0) is 25.6. The Kier molecular flexibility index (Phi) is 7.84. The van der Waals surface area contributed by atoms with Gasteiger partial charge in [0.2, 0.25) is 5.13 Å². The van der Waals surface area contributed by atoms with E-state index in [2.05, 4.69) is 11.6 Å². The molecule has 3 aromatic carbocycles. The van der Waals surface area contributed by atoms with E-state index in [0.717, 1.165) is 22.4 Å². The molecule has 1 fully saturated rings. The molecule has 37 heavy (non-hydrogen) atoms. The van der Waals surface area contributed by atoms with E-state index >= 15 is 0 Å². The molecule has 1 saturated heterocycles. The molecule has 1 aliphatic rings. The Balaban J connectivity index is 1.34. The van der Waals surface area contributed by atoms with Crippen LogP contribution in [0.5, 0.6) is 5.75 Å². The zero-order valence-electron chi connectivity index (χ0n) is 19.7. The number of carbonyl (C=O) groups excluding carboxylic acids is 1. The minimum Gasteiger partial charge on any atom is -0.489 e. The molecule has 4 aromatic rings. The first-order chi connectivity index (χ1) is 18.1. The average molecular weight is 544 g/mol. The van der Waals surface area contributed by atoms with Gasteiger partial charge >= 0.3 is 0 Å². The summed E-state index contributed by atoms with van der Waals surface area (Å²) in [6.45, 7) is 4.59. The maximum atomic E-state index is 13.2. The molecular formula is C29H22ClN3O2S2. The summed E-state index contributed by atoms with van der Waals surface area (Å²) in [6.07, 6.45) is 3.55. The van der Waals surface area contributed by atoms with Crippen LogP contribution in [0.4, 0.5) is 5.13 Å². The van der Waals surface area contributed by atoms with Gasteiger partial charge in [-0.1, -0.05) is 72.3 Å². The van der Waals surface area contributed by atoms with Gasteiger partial charge in [0.05, 0.1) is 10.6 Å². The van der Waals surface area contributed by atoms with Gasteiger partial charge in [0.1, 0.15) is 12.4 Å². The minimum atomic E-state index is -0.115. The quantitative estimate of drug-likeness (QED) is 0.168. The molecule has 0 bridgehead atoms. The number of benzene rings is 3. The largest absolute Gasteiger partial charge is 0.489 e. The molecule has 1 aromatic heterocycles. The monoisotopic (exact) mass is 543 g/mol. The highest BCUT2D eigenvalue weighted by Gasteiger charge is 2.33. The first-order valence-corrected chi connectivity index (χ1v) is 13.6. The second-order valence-corrected chi connectivity index (χ2v) is 10.4. The van der Waals surface area contributed by atoms with Crippen LogP contribution in [-0.2, 0) is 11.4 Å². The molecule has 5 nitrogen and oxygen atoms in total. The third-order valence-corrected chi connectivity index (χ3v) is 7.42. The number of halogens is 1. The van der Waals surface area contributed by atoms with Crippen LogP contribution in [0, 0.1) is 0 Å². The van der Waals surface area contributed by atoms with Crippen molar-refractivity contribution in [2.45, 2.75) is 6.61 Å². The number of aliphatic imine (C=N–C) groups is 1. The van der Waals surface area contributed by atoms with Crippen molar-refractivity contribution in [1.82, 2.24) is 9.88 Å². The van der Waals surface area contributed by atoms with Gasteiger partial charge in [0.25, 0.3) is 5.91 Å². The van der Waals surface area contributed by atoms with Gasteiger partial charge in [-0.25, -0.2) is 4.98 Å². The third-order valence-electron chi connectivity index (χ3n) is 5.43. The SMILES string of the molecule is C=CCN1C(=O)/C(=C/c2cccc(OCc3ccc(Cl)cc3)c2)S/C1=N/c1nc(-c2ccccc2)cs1. The topological polar surface area (TPSA) is 54.8 Å². The number of amides is 1. The van der Waals surface area contributed by atoms with Crippen LogP contribution in [0.2, 0.25) is 5.02 Å². The first-order valence-electron chi connectivity index (χ1n) is 11.5. The highest BCUT2D eigenvalue weighted by atomic mass is 35.5. The van der Waals surface area contributed by atoms with E-state index in [9.17, 15) is 4.79 Å². The smallest absolute Gasteiger partial charge is 0.267 e. The second kappa shape index (κ2) is 11.6. The molecule has 1 amide bonds. The molecule has 8 heteroatoms. The molecule has 1 aliphatic heterocycles. The first kappa shape index (κ1) is 25.0. The summed E-state index contributed by atoms with van der Waals surface area (Å²) in [7, 11) is 0. The summed E-state index contributed by atoms with van der Waals surface area (Å²) in [5.74, 6) is 0.601. The van der Waals surface area contributed by atoms with Crippen LogP contribution in [-0.4, -0.2) is 27.5 Å². The van der Waals surface area contributed by atoms with Gasteiger partial charge < -0.3 is 4.74 Å². The van der Waals surface area contributed by atoms with E-state index in [1.165, 1.54) is 23.1 Å². The predicted molar refractivity (Wildman–Crippen MR) is 154 cm³/mol. The molecule has 0 saturated carbocycles. The van der Waals surface area contributed by atoms with Crippen LogP contribution in [0.1, 0.15) is 11.1 Å². The normalized spacial score (nSPS) is 15.5. The number of amidine groups is 1. The Hall–Kier alpha value is -3.65. The van der Waals surface area contributed by atoms with Crippen molar-refractivity contribution in [3.63, 3.8) is 0 Å². The summed E-state index contributed by atoms with van der Waals surface area (Å²) in [6, 6.07) is 25.2. The molecule has 184 valence electrons. The van der Waals surface area contributed by atoms with Crippen molar-refractivity contribution in [1.29, 1.82) is 0 Å². The Labute approximate surface area is 228 Å². The molecule has 5 rings (SSSR count). The van der Waals surface area contributed by atoms with Gasteiger partial charge in [0.15, 0.2) is 5.17 Å². The average Bonchev–Trinajstić information content (AvgIpc) is 3.50. The van der Waals surface area contributed by atoms with Crippen molar-refractivity contribution in [2.75, 3.05) is 6.54 Å². The van der Waals surface area contributed by atoms with E-state index in [1.807, 2.05) is 90.3 Å². The van der Waals surface area contributed by atoms with E-state index in [1.54, 1.807) is 11.0 Å². The Morgan fingerprint density at radius 2 is 1.86 bits per heavy atom. The second-order valence-electron chi connectivity index (χ2n) is 8.08. The minimum absolute atomic E-state index is 0.115. The van der Waals surface area contributed by atoms with Crippen LogP contribution < -0.4 is 4.74 Å². The van der Waals surface area contributed by atoms with E-state index in [4.69, 9.17) is 21.3 Å². The molecule has 0 radical (unpaired) electrons. The maximum absolute atomic E-state index is 13.2. The summed E-state index contributed by atoms with van der Waals surface area (Å²) in [5, 5.41) is 3.85. The summed E-state index contributed by atoms with van der Waals surface area (Å²) >= 11 is 8.73. The van der Waals surface area contributed by atoms with E-state index < -0.39 is 0 Å². The number of ether oxygens (including phenoxy) is 1. The fourth-order valence-electron chi connectivity index (χ4n) is 3.61. The van der Waals surface area contributed by atoms with Gasteiger partial charge in [-0.2, -0.15) is 4.99 Å². The molecule has 0 spiro atoms. The number of thiazole rings is 1. The Bertz CT molecular complexity index is 1480. The summed E-state index contributed by atoms with van der Waals surface area (Å²) in [5.41, 5.74) is 3.78. The van der Waals surface area contributed by atoms with Crippen molar-refractivity contribution in [3.8, 4) is 17.0 Å². The molecule has 0 aliphatic carbocycles. The van der Waals surface area contributed by atoms with Crippen LogP contribution in [0.15, 0.2) is 107 Å². The molecule has 0 atom stereocenters. The fraction of sp³-hybridized carbons (Fsp3) is 0.0690. The number of carbonyl (C=O) groups is 1. The Morgan fingerprint density at radius 3 is 2.65 bits per heavy atom. The number of hydrogen-bond donors (Lipinski definition) is 0. The van der Waals surface area contributed by atoms with Crippen molar-refractivity contribution in [2.24, 2.45) is 4.99 Å². The van der Waals surface area contributed by atoms with Gasteiger partial charge in [0, 0.05) is 22.5 Å². The van der Waals surface area contributed by atoms with Crippen molar-refractivity contribution in [3.05, 3.63) is 118 Å². The van der Waals surface area contributed by atoms with Gasteiger partial charge in [-0.15, -0.1) is 17.9 Å². The number of aromatic nitrogens is 1. The predicted octanol–water partition coefficient (Wildman–Crippen LogP) is 7.83. The lowest BCUT2D eigenvalue weighted by atomic mass is 10.2. The van der Waals surface area contributed by atoms with E-state index in [-0.39, 0.29) is 5.91 Å². The lowest BCUT2D eigenvalue weighted by Crippen LogP contribution is -2.29. The number of thioether (sulfide) groups is 1. The summed E-state index contributed by atoms with van der Waals surface area (Å²) < 4.78 is 5.94. The lowest BCUT2D eigenvalue weighted by Gasteiger charge is -2.11. The number of rotatable bonds is 8. The highest BCUT2D eigenvalue weighted by Crippen LogP contribution is 2.36. The molecule has 2 heterocycles.